The molecule has 1 heterocycles. The predicted molar refractivity (Wildman–Crippen MR) is 48.6 cm³/mol. The van der Waals surface area contributed by atoms with Crippen molar-refractivity contribution >= 4 is 17.7 Å². The Labute approximate surface area is 79.5 Å². The average Bonchev–Trinajstić information content (AvgIpc) is 2.50. The number of amidine groups is 1. The number of aromatic amines is 1. The number of nitrogens with one attached hydrogen (secondary N) is 3. The molecule has 1 rings (SSSR count). The van der Waals surface area contributed by atoms with E-state index in [0.29, 0.717) is 0 Å². The predicted octanol–water partition coefficient (Wildman–Crippen LogP) is 0.440. The normalized spacial score (nSPS) is 9.50. The van der Waals surface area contributed by atoms with Crippen LogP contribution in [0.15, 0.2) is 12.1 Å². The molecule has 0 spiro atoms. The molecule has 0 bridgehead atoms. The Balaban J connectivity index is 2.81. The molecule has 0 radical (unpaired) electrons. The first-order valence-electron chi connectivity index (χ1n) is 3.79. The van der Waals surface area contributed by atoms with Crippen molar-refractivity contribution < 1.29 is 14.7 Å². The molecule has 74 valence electrons. The first-order chi connectivity index (χ1) is 6.50. The SMILES string of the molecule is CC(=N)NC(=O)c1ccc(C(=O)O)[nH]1. The van der Waals surface area contributed by atoms with Gasteiger partial charge in [-0.2, -0.15) is 0 Å². The minimum absolute atomic E-state index is 0.00137. The second-order valence-corrected chi connectivity index (χ2v) is 2.67. The molecule has 0 aliphatic carbocycles. The highest BCUT2D eigenvalue weighted by atomic mass is 16.4. The molecule has 1 amide bonds. The van der Waals surface area contributed by atoms with Crippen molar-refractivity contribution in [2.24, 2.45) is 0 Å². The molecule has 0 aromatic carbocycles. The number of amides is 1. The molecule has 0 aliphatic rings. The van der Waals surface area contributed by atoms with Crippen LogP contribution >= 0.6 is 0 Å². The highest BCUT2D eigenvalue weighted by Gasteiger charge is 2.11. The van der Waals surface area contributed by atoms with Gasteiger partial charge in [-0.15, -0.1) is 0 Å². The molecular weight excluding hydrogens is 186 g/mol. The van der Waals surface area contributed by atoms with Gasteiger partial charge in [0, 0.05) is 0 Å². The summed E-state index contributed by atoms with van der Waals surface area (Å²) in [7, 11) is 0. The Morgan fingerprint density at radius 3 is 2.43 bits per heavy atom. The summed E-state index contributed by atoms with van der Waals surface area (Å²) in [6.45, 7) is 1.42. The molecule has 1 aromatic rings. The van der Waals surface area contributed by atoms with Gasteiger partial charge in [-0.05, 0) is 19.1 Å². The van der Waals surface area contributed by atoms with E-state index in [4.69, 9.17) is 10.5 Å². The third kappa shape index (κ3) is 2.19. The van der Waals surface area contributed by atoms with E-state index in [2.05, 4.69) is 10.3 Å². The number of carboxylic acids is 1. The Morgan fingerprint density at radius 1 is 1.43 bits per heavy atom. The molecule has 0 saturated heterocycles. The highest BCUT2D eigenvalue weighted by molar-refractivity contribution is 6.04. The minimum Gasteiger partial charge on any atom is -0.477 e. The number of carbonyl (C=O) groups excluding carboxylic acids is 1. The topological polar surface area (TPSA) is 106 Å². The van der Waals surface area contributed by atoms with Crippen molar-refractivity contribution in [2.75, 3.05) is 0 Å². The van der Waals surface area contributed by atoms with E-state index in [1.165, 1.54) is 19.1 Å². The Morgan fingerprint density at radius 2 is 2.00 bits per heavy atom. The van der Waals surface area contributed by atoms with Gasteiger partial charge in [-0.25, -0.2) is 4.79 Å². The van der Waals surface area contributed by atoms with Gasteiger partial charge < -0.3 is 15.4 Å². The van der Waals surface area contributed by atoms with Crippen molar-refractivity contribution in [3.05, 3.63) is 23.5 Å². The molecular formula is C8H9N3O3. The van der Waals surface area contributed by atoms with Crippen molar-refractivity contribution in [1.29, 1.82) is 5.41 Å². The van der Waals surface area contributed by atoms with Gasteiger partial charge in [0.15, 0.2) is 0 Å². The summed E-state index contributed by atoms with van der Waals surface area (Å²) in [5, 5.41) is 17.8. The summed E-state index contributed by atoms with van der Waals surface area (Å²) in [5.41, 5.74) is 0.0618. The molecule has 0 unspecified atom stereocenters. The highest BCUT2D eigenvalue weighted by Crippen LogP contribution is 2.01. The van der Waals surface area contributed by atoms with Crippen LogP contribution in [0.4, 0.5) is 0 Å². The maximum absolute atomic E-state index is 11.2. The quantitative estimate of drug-likeness (QED) is 0.406. The van der Waals surface area contributed by atoms with Crippen molar-refractivity contribution in [2.45, 2.75) is 6.92 Å². The van der Waals surface area contributed by atoms with E-state index in [-0.39, 0.29) is 17.2 Å². The first-order valence-corrected chi connectivity index (χ1v) is 3.79. The Hall–Kier alpha value is -2.11. The summed E-state index contributed by atoms with van der Waals surface area (Å²) in [4.78, 5) is 24.1. The molecule has 14 heavy (non-hydrogen) atoms. The third-order valence-corrected chi connectivity index (χ3v) is 1.46. The standard InChI is InChI=1S/C8H9N3O3/c1-4(9)10-7(12)5-2-3-6(11-5)8(13)14/h2-3,11H,1H3,(H,13,14)(H2,9,10,12). The fourth-order valence-corrected chi connectivity index (χ4v) is 0.890. The van der Waals surface area contributed by atoms with Gasteiger partial charge >= 0.3 is 5.97 Å². The summed E-state index contributed by atoms with van der Waals surface area (Å²) in [6, 6.07) is 2.64. The number of rotatable bonds is 2. The Bertz CT molecular complexity index is 394. The van der Waals surface area contributed by atoms with Crippen LogP contribution in [0.1, 0.15) is 27.9 Å². The van der Waals surface area contributed by atoms with Crippen LogP contribution in [0, 0.1) is 5.41 Å². The number of H-pyrrole nitrogens is 1. The van der Waals surface area contributed by atoms with Crippen molar-refractivity contribution in [1.82, 2.24) is 10.3 Å². The van der Waals surface area contributed by atoms with Gasteiger partial charge in [-0.1, -0.05) is 0 Å². The third-order valence-electron chi connectivity index (χ3n) is 1.46. The monoisotopic (exact) mass is 195 g/mol. The molecule has 6 nitrogen and oxygen atoms in total. The fourth-order valence-electron chi connectivity index (χ4n) is 0.890. The van der Waals surface area contributed by atoms with Gasteiger partial charge in [-0.3, -0.25) is 10.2 Å². The number of hydrogen-bond acceptors (Lipinski definition) is 3. The van der Waals surface area contributed by atoms with E-state index in [1.807, 2.05) is 0 Å². The zero-order chi connectivity index (χ0) is 10.7. The van der Waals surface area contributed by atoms with E-state index in [9.17, 15) is 9.59 Å². The van der Waals surface area contributed by atoms with Gasteiger partial charge in [0.1, 0.15) is 11.4 Å². The van der Waals surface area contributed by atoms with Gasteiger partial charge in [0.05, 0.1) is 5.84 Å². The molecule has 4 N–H and O–H groups in total. The summed E-state index contributed by atoms with van der Waals surface area (Å²) in [6.07, 6.45) is 0. The Kier molecular flexibility index (Phi) is 2.66. The molecule has 6 heteroatoms. The molecule has 0 atom stereocenters. The zero-order valence-corrected chi connectivity index (χ0v) is 7.42. The number of carboxylic acid groups (broad SMARTS) is 1. The van der Waals surface area contributed by atoms with Crippen LogP contribution in [0.3, 0.4) is 0 Å². The van der Waals surface area contributed by atoms with Crippen LogP contribution in [0.5, 0.6) is 0 Å². The van der Waals surface area contributed by atoms with Crippen LogP contribution in [-0.2, 0) is 0 Å². The van der Waals surface area contributed by atoms with Gasteiger partial charge in [0.25, 0.3) is 5.91 Å². The lowest BCUT2D eigenvalue weighted by atomic mass is 10.4. The summed E-state index contributed by atoms with van der Waals surface area (Å²) < 4.78 is 0. The van der Waals surface area contributed by atoms with E-state index in [1.54, 1.807) is 0 Å². The van der Waals surface area contributed by atoms with Crippen LogP contribution in [0.2, 0.25) is 0 Å². The van der Waals surface area contributed by atoms with Crippen molar-refractivity contribution in [3.8, 4) is 0 Å². The minimum atomic E-state index is -1.13. The van der Waals surface area contributed by atoms with Gasteiger partial charge in [0.2, 0.25) is 0 Å². The second kappa shape index (κ2) is 3.73. The number of aromatic nitrogens is 1. The van der Waals surface area contributed by atoms with E-state index in [0.717, 1.165) is 0 Å². The summed E-state index contributed by atoms with van der Waals surface area (Å²) in [5.74, 6) is -1.65. The first kappa shape index (κ1) is 9.97. The lowest BCUT2D eigenvalue weighted by molar-refractivity contribution is 0.0691. The van der Waals surface area contributed by atoms with E-state index >= 15 is 0 Å². The van der Waals surface area contributed by atoms with Crippen LogP contribution in [-0.4, -0.2) is 27.8 Å². The van der Waals surface area contributed by atoms with E-state index < -0.39 is 11.9 Å². The molecule has 0 fully saturated rings. The zero-order valence-electron chi connectivity index (χ0n) is 7.42. The fraction of sp³-hybridized carbons (Fsp3) is 0.125. The molecule has 0 aliphatic heterocycles. The maximum atomic E-state index is 11.2. The lowest BCUT2D eigenvalue weighted by Crippen LogP contribution is -2.27. The molecule has 1 aromatic heterocycles. The largest absolute Gasteiger partial charge is 0.477 e. The maximum Gasteiger partial charge on any atom is 0.352 e. The number of hydrogen-bond donors (Lipinski definition) is 4. The average molecular weight is 195 g/mol. The van der Waals surface area contributed by atoms with Crippen LogP contribution in [0.25, 0.3) is 0 Å². The number of aromatic carboxylic acids is 1. The smallest absolute Gasteiger partial charge is 0.352 e. The summed E-state index contributed by atoms with van der Waals surface area (Å²) >= 11 is 0. The molecule has 0 saturated carbocycles. The van der Waals surface area contributed by atoms with Crippen LogP contribution < -0.4 is 5.32 Å². The number of carbonyl (C=O) groups is 2. The van der Waals surface area contributed by atoms with Crippen molar-refractivity contribution in [3.63, 3.8) is 0 Å². The second-order valence-electron chi connectivity index (χ2n) is 2.67. The lowest BCUT2D eigenvalue weighted by Gasteiger charge is -1.98.